The topological polar surface area (TPSA) is 64.6 Å². The van der Waals surface area contributed by atoms with E-state index in [4.69, 9.17) is 9.47 Å². The number of hydrogen-bond acceptors (Lipinski definition) is 4. The number of aryl methyl sites for hydroxylation is 1. The van der Waals surface area contributed by atoms with Crippen LogP contribution in [0.4, 0.5) is 10.1 Å². The Labute approximate surface area is 180 Å². The third-order valence-corrected chi connectivity index (χ3v) is 4.57. The van der Waals surface area contributed by atoms with Gasteiger partial charge in [0.25, 0.3) is 5.91 Å². The van der Waals surface area contributed by atoms with Gasteiger partial charge in [0.05, 0.1) is 6.61 Å². The molecule has 3 rings (SSSR count). The van der Waals surface area contributed by atoms with Gasteiger partial charge in [-0.15, -0.1) is 0 Å². The summed E-state index contributed by atoms with van der Waals surface area (Å²) in [6, 6.07) is 21.7. The summed E-state index contributed by atoms with van der Waals surface area (Å²) < 4.78 is 24.3. The molecule has 31 heavy (non-hydrogen) atoms. The van der Waals surface area contributed by atoms with Crippen LogP contribution in [0.15, 0.2) is 78.9 Å². The molecule has 0 aliphatic rings. The summed E-state index contributed by atoms with van der Waals surface area (Å²) in [5.74, 6) is -0.696. The predicted octanol–water partition coefficient (Wildman–Crippen LogP) is 5.08. The van der Waals surface area contributed by atoms with Gasteiger partial charge >= 0.3 is 5.97 Å². The number of ether oxygens (including phenoxy) is 2. The van der Waals surface area contributed by atoms with E-state index in [-0.39, 0.29) is 6.42 Å². The van der Waals surface area contributed by atoms with Gasteiger partial charge in [-0.2, -0.15) is 0 Å². The first kappa shape index (κ1) is 22.0. The van der Waals surface area contributed by atoms with Crippen molar-refractivity contribution in [2.24, 2.45) is 0 Å². The Morgan fingerprint density at radius 2 is 1.61 bits per heavy atom. The van der Waals surface area contributed by atoms with Crippen molar-refractivity contribution in [2.75, 3.05) is 11.9 Å². The Morgan fingerprint density at radius 1 is 0.935 bits per heavy atom. The van der Waals surface area contributed by atoms with Crippen LogP contribution >= 0.6 is 0 Å². The van der Waals surface area contributed by atoms with Gasteiger partial charge < -0.3 is 14.8 Å². The summed E-state index contributed by atoms with van der Waals surface area (Å²) in [4.78, 5) is 25.4. The Morgan fingerprint density at radius 3 is 2.32 bits per heavy atom. The predicted molar refractivity (Wildman–Crippen MR) is 116 cm³/mol. The Bertz CT molecular complexity index is 1010. The molecule has 0 radical (unpaired) electrons. The maximum atomic E-state index is 13.1. The van der Waals surface area contributed by atoms with Crippen LogP contribution < -0.4 is 10.1 Å². The van der Waals surface area contributed by atoms with E-state index in [1.165, 1.54) is 24.3 Å². The fraction of sp³-hybridized carbons (Fsp3) is 0.200. The maximum Gasteiger partial charge on any atom is 0.307 e. The number of rotatable bonds is 9. The van der Waals surface area contributed by atoms with Gasteiger partial charge in [-0.3, -0.25) is 9.59 Å². The van der Waals surface area contributed by atoms with Gasteiger partial charge in [-0.25, -0.2) is 4.39 Å². The summed E-state index contributed by atoms with van der Waals surface area (Å²) in [6.07, 6.45) is -0.603. The summed E-state index contributed by atoms with van der Waals surface area (Å²) >= 11 is 0. The third-order valence-electron chi connectivity index (χ3n) is 4.57. The van der Waals surface area contributed by atoms with Gasteiger partial charge in [0.15, 0.2) is 0 Å². The fourth-order valence-corrected chi connectivity index (χ4v) is 3.08. The number of halogens is 1. The second-order valence-corrected chi connectivity index (χ2v) is 6.82. The molecule has 0 fully saturated rings. The molecule has 6 heteroatoms. The number of benzene rings is 3. The lowest BCUT2D eigenvalue weighted by atomic mass is 10.1. The molecule has 160 valence electrons. The lowest BCUT2D eigenvalue weighted by Gasteiger charge is -2.18. The van der Waals surface area contributed by atoms with E-state index in [9.17, 15) is 14.0 Å². The molecule has 0 aliphatic heterocycles. The van der Waals surface area contributed by atoms with Crippen molar-refractivity contribution in [1.82, 2.24) is 0 Å². The van der Waals surface area contributed by atoms with Crippen molar-refractivity contribution in [1.29, 1.82) is 0 Å². The highest BCUT2D eigenvalue weighted by Gasteiger charge is 2.25. The average Bonchev–Trinajstić information content (AvgIpc) is 2.79. The first-order chi connectivity index (χ1) is 15.1. The molecule has 0 spiro atoms. The zero-order valence-electron chi connectivity index (χ0n) is 17.2. The van der Waals surface area contributed by atoms with E-state index < -0.39 is 23.8 Å². The number of nitrogens with one attached hydrogen (secondary N) is 1. The van der Waals surface area contributed by atoms with E-state index in [1.54, 1.807) is 24.3 Å². The van der Waals surface area contributed by atoms with E-state index in [2.05, 4.69) is 5.32 Å². The van der Waals surface area contributed by atoms with Crippen LogP contribution in [0.3, 0.4) is 0 Å². The van der Waals surface area contributed by atoms with Gasteiger partial charge in [0, 0.05) is 17.7 Å². The van der Waals surface area contributed by atoms with Crippen molar-refractivity contribution in [3.8, 4) is 5.75 Å². The number of carbonyl (C=O) groups is 2. The Kier molecular flexibility index (Phi) is 7.76. The first-order valence-electron chi connectivity index (χ1n) is 10.1. The third kappa shape index (κ3) is 6.40. The molecular weight excluding hydrogens is 397 g/mol. The van der Waals surface area contributed by atoms with E-state index in [1.807, 2.05) is 37.3 Å². The smallest absolute Gasteiger partial charge is 0.307 e. The highest BCUT2D eigenvalue weighted by molar-refractivity contribution is 5.96. The van der Waals surface area contributed by atoms with Crippen LogP contribution in [0.5, 0.6) is 5.75 Å². The largest absolute Gasteiger partial charge is 0.494 e. The van der Waals surface area contributed by atoms with Crippen molar-refractivity contribution < 1.29 is 23.5 Å². The number of anilines is 1. The van der Waals surface area contributed by atoms with Crippen LogP contribution in [0.1, 0.15) is 30.6 Å². The summed E-state index contributed by atoms with van der Waals surface area (Å²) in [6.45, 7) is 2.43. The minimum absolute atomic E-state index is 0.0945. The van der Waals surface area contributed by atoms with E-state index >= 15 is 0 Å². The highest BCUT2D eigenvalue weighted by atomic mass is 19.1. The number of para-hydroxylation sites is 1. The molecule has 3 aromatic rings. The minimum Gasteiger partial charge on any atom is -0.494 e. The molecule has 0 unspecified atom stereocenters. The molecule has 3 aromatic carbocycles. The number of hydrogen-bond donors (Lipinski definition) is 1. The normalized spacial score (nSPS) is 11.4. The summed E-state index contributed by atoms with van der Waals surface area (Å²) in [5.41, 5.74) is 1.85. The van der Waals surface area contributed by atoms with Crippen molar-refractivity contribution >= 4 is 17.6 Å². The highest BCUT2D eigenvalue weighted by Crippen LogP contribution is 2.23. The zero-order chi connectivity index (χ0) is 22.1. The summed E-state index contributed by atoms with van der Waals surface area (Å²) in [5, 5.41) is 2.67. The lowest BCUT2D eigenvalue weighted by Crippen LogP contribution is -2.26. The second kappa shape index (κ2) is 10.9. The molecule has 0 saturated carbocycles. The SMILES string of the molecule is CCOc1ccccc1CCC(=O)O[C@@H](C(=O)Nc1ccc(F)cc1)c1ccccc1. The molecule has 5 nitrogen and oxygen atoms in total. The quantitative estimate of drug-likeness (QED) is 0.490. The number of amides is 1. The lowest BCUT2D eigenvalue weighted by molar-refractivity contribution is -0.154. The van der Waals surface area contributed by atoms with E-state index in [0.717, 1.165) is 11.3 Å². The monoisotopic (exact) mass is 421 g/mol. The second-order valence-electron chi connectivity index (χ2n) is 6.82. The molecular formula is C25H24FNO4. The van der Waals surface area contributed by atoms with Crippen LogP contribution in [-0.2, 0) is 20.7 Å². The van der Waals surface area contributed by atoms with Crippen LogP contribution in [-0.4, -0.2) is 18.5 Å². The minimum atomic E-state index is -1.12. The molecule has 1 atom stereocenters. The van der Waals surface area contributed by atoms with Crippen molar-refractivity contribution in [3.63, 3.8) is 0 Å². The van der Waals surface area contributed by atoms with Gasteiger partial charge in [-0.05, 0) is 49.2 Å². The van der Waals surface area contributed by atoms with Crippen molar-refractivity contribution in [3.05, 3.63) is 95.8 Å². The number of esters is 1. The van der Waals surface area contributed by atoms with Gasteiger partial charge in [0.1, 0.15) is 11.6 Å². The van der Waals surface area contributed by atoms with E-state index in [0.29, 0.717) is 24.3 Å². The van der Waals surface area contributed by atoms with Crippen molar-refractivity contribution in [2.45, 2.75) is 25.9 Å². The van der Waals surface area contributed by atoms with Gasteiger partial charge in [-0.1, -0.05) is 48.5 Å². The Hall–Kier alpha value is -3.67. The number of carbonyl (C=O) groups excluding carboxylic acids is 2. The molecule has 0 aliphatic carbocycles. The first-order valence-corrected chi connectivity index (χ1v) is 10.1. The molecule has 0 aromatic heterocycles. The fourth-order valence-electron chi connectivity index (χ4n) is 3.08. The molecule has 0 saturated heterocycles. The standard InChI is InChI=1S/C25H24FNO4/c1-2-30-22-11-7-6-8-18(22)12-17-23(28)31-24(19-9-4-3-5-10-19)25(29)27-21-15-13-20(26)14-16-21/h3-11,13-16,24H,2,12,17H2,1H3,(H,27,29)/t24-/m1/s1. The molecule has 0 heterocycles. The molecule has 0 bridgehead atoms. The molecule has 1 N–H and O–H groups in total. The Balaban J connectivity index is 1.69. The average molecular weight is 421 g/mol. The van der Waals surface area contributed by atoms with Crippen LogP contribution in [0.25, 0.3) is 0 Å². The van der Waals surface area contributed by atoms with Gasteiger partial charge in [0.2, 0.25) is 6.10 Å². The maximum absolute atomic E-state index is 13.1. The zero-order valence-corrected chi connectivity index (χ0v) is 17.2. The molecule has 1 amide bonds. The van der Waals surface area contributed by atoms with Crippen LogP contribution in [0, 0.1) is 5.82 Å². The van der Waals surface area contributed by atoms with Crippen LogP contribution in [0.2, 0.25) is 0 Å². The summed E-state index contributed by atoms with van der Waals surface area (Å²) in [7, 11) is 0.